The first kappa shape index (κ1) is 13.7. The number of hydrogen-bond acceptors (Lipinski definition) is 2. The maximum Gasteiger partial charge on any atom is 0.357 e. The Labute approximate surface area is 86.9 Å². The Morgan fingerprint density at radius 1 is 1.57 bits per heavy atom. The molecule has 0 bridgehead atoms. The molecule has 0 aromatic carbocycles. The van der Waals surface area contributed by atoms with Gasteiger partial charge in [-0.1, -0.05) is 13.8 Å². The second-order valence-electron chi connectivity index (χ2n) is 3.58. The van der Waals surface area contributed by atoms with E-state index in [0.29, 0.717) is 6.42 Å². The fourth-order valence-corrected chi connectivity index (χ4v) is 2.59. The van der Waals surface area contributed by atoms with Crippen LogP contribution in [0.15, 0.2) is 0 Å². The second-order valence-corrected chi connectivity index (χ2v) is 5.32. The van der Waals surface area contributed by atoms with Crippen LogP contribution in [0.25, 0.3) is 0 Å². The van der Waals surface area contributed by atoms with E-state index in [-0.39, 0.29) is 18.1 Å². The van der Waals surface area contributed by atoms with Crippen molar-refractivity contribution in [2.45, 2.75) is 31.9 Å². The molecule has 14 heavy (non-hydrogen) atoms. The van der Waals surface area contributed by atoms with Crippen molar-refractivity contribution in [1.29, 1.82) is 0 Å². The van der Waals surface area contributed by atoms with Crippen LogP contribution in [0.4, 0.5) is 4.39 Å². The molecule has 0 aliphatic carbocycles. The predicted octanol–water partition coefficient (Wildman–Crippen LogP) is 1.59. The van der Waals surface area contributed by atoms with Crippen molar-refractivity contribution in [1.82, 2.24) is 0 Å². The Morgan fingerprint density at radius 2 is 2.14 bits per heavy atom. The summed E-state index contributed by atoms with van der Waals surface area (Å²) in [7, 11) is 0. The molecule has 2 atom stereocenters. The average molecular weight is 224 g/mol. The second kappa shape index (κ2) is 7.06. The van der Waals surface area contributed by atoms with Gasteiger partial charge in [-0.25, -0.2) is 4.79 Å². The van der Waals surface area contributed by atoms with Gasteiger partial charge in [0.15, 0.2) is 0 Å². The van der Waals surface area contributed by atoms with Crippen LogP contribution >= 0.6 is 0 Å². The van der Waals surface area contributed by atoms with Crippen LogP contribution in [0.2, 0.25) is 0 Å². The minimum Gasteiger partial charge on any atom is -0.616 e. The first-order valence-corrected chi connectivity index (χ1v) is 6.03. The SMILES string of the molecule is CC(C)CC(C(=O)O)[S+]([O-])CCCF. The van der Waals surface area contributed by atoms with Crippen molar-refractivity contribution >= 4 is 17.1 Å². The zero-order valence-corrected chi connectivity index (χ0v) is 9.35. The number of hydrogen-bond donors (Lipinski definition) is 1. The van der Waals surface area contributed by atoms with Crippen LogP contribution in [0, 0.1) is 5.92 Å². The predicted molar refractivity (Wildman–Crippen MR) is 54.5 cm³/mol. The van der Waals surface area contributed by atoms with E-state index in [4.69, 9.17) is 5.11 Å². The van der Waals surface area contributed by atoms with Crippen molar-refractivity contribution in [3.05, 3.63) is 0 Å². The van der Waals surface area contributed by atoms with Gasteiger partial charge in [-0.05, 0) is 17.1 Å². The van der Waals surface area contributed by atoms with Crippen LogP contribution in [0.3, 0.4) is 0 Å². The van der Waals surface area contributed by atoms with Crippen molar-refractivity contribution in [3.8, 4) is 0 Å². The summed E-state index contributed by atoms with van der Waals surface area (Å²) in [6.07, 6.45) is 0.558. The molecule has 84 valence electrons. The highest BCUT2D eigenvalue weighted by atomic mass is 32.2. The molecule has 0 rings (SSSR count). The van der Waals surface area contributed by atoms with Gasteiger partial charge in [0.2, 0.25) is 5.25 Å². The molecule has 0 aliphatic rings. The lowest BCUT2D eigenvalue weighted by Gasteiger charge is -2.19. The highest BCUT2D eigenvalue weighted by Gasteiger charge is 2.30. The Kier molecular flexibility index (Phi) is 6.92. The number of carboxylic acid groups (broad SMARTS) is 1. The molecule has 0 saturated carbocycles. The number of carbonyl (C=O) groups is 1. The third-order valence-corrected chi connectivity index (χ3v) is 3.48. The summed E-state index contributed by atoms with van der Waals surface area (Å²) in [4.78, 5) is 10.8. The number of rotatable bonds is 7. The minimum absolute atomic E-state index is 0.139. The largest absolute Gasteiger partial charge is 0.616 e. The van der Waals surface area contributed by atoms with Crippen LogP contribution in [-0.2, 0) is 16.0 Å². The Balaban J connectivity index is 4.11. The number of halogens is 1. The minimum atomic E-state index is -1.45. The van der Waals surface area contributed by atoms with Gasteiger partial charge >= 0.3 is 5.97 Å². The van der Waals surface area contributed by atoms with E-state index in [1.54, 1.807) is 0 Å². The normalized spacial score (nSPS) is 15.5. The molecule has 0 aromatic rings. The maximum absolute atomic E-state index is 11.8. The molecule has 3 nitrogen and oxygen atoms in total. The highest BCUT2D eigenvalue weighted by molar-refractivity contribution is 7.92. The molecule has 0 fully saturated rings. The summed E-state index contributed by atoms with van der Waals surface area (Å²) in [5.41, 5.74) is 0. The number of carboxylic acids is 1. The number of aliphatic carboxylic acids is 1. The zero-order chi connectivity index (χ0) is 11.1. The molecule has 0 amide bonds. The summed E-state index contributed by atoms with van der Waals surface area (Å²) in [6.45, 7) is 3.21. The summed E-state index contributed by atoms with van der Waals surface area (Å²) in [6, 6.07) is 0. The lowest BCUT2D eigenvalue weighted by molar-refractivity contribution is -0.136. The molecule has 5 heteroatoms. The van der Waals surface area contributed by atoms with Gasteiger partial charge in [0.1, 0.15) is 5.75 Å². The molecule has 0 aromatic heterocycles. The third-order valence-electron chi connectivity index (χ3n) is 1.76. The first-order valence-electron chi connectivity index (χ1n) is 4.65. The number of alkyl halides is 1. The van der Waals surface area contributed by atoms with Crippen LogP contribution in [0.5, 0.6) is 0 Å². The van der Waals surface area contributed by atoms with E-state index in [0.717, 1.165) is 0 Å². The zero-order valence-electron chi connectivity index (χ0n) is 8.53. The molecule has 1 N–H and O–H groups in total. The molecule has 0 saturated heterocycles. The lowest BCUT2D eigenvalue weighted by atomic mass is 10.1. The van der Waals surface area contributed by atoms with Gasteiger partial charge in [-0.2, -0.15) is 0 Å². The summed E-state index contributed by atoms with van der Waals surface area (Å²) in [5, 5.41) is 7.96. The van der Waals surface area contributed by atoms with Crippen LogP contribution < -0.4 is 0 Å². The van der Waals surface area contributed by atoms with E-state index in [2.05, 4.69) is 0 Å². The standard InChI is InChI=1S/C9H17FO3S/c1-7(2)6-8(9(11)12)14(13)5-3-4-10/h7-8H,3-6H2,1-2H3,(H,11,12). The summed E-state index contributed by atoms with van der Waals surface area (Å²) < 4.78 is 23.2. The van der Waals surface area contributed by atoms with Gasteiger partial charge in [0, 0.05) is 12.8 Å². The van der Waals surface area contributed by atoms with E-state index in [1.165, 1.54) is 0 Å². The first-order chi connectivity index (χ1) is 6.49. The smallest absolute Gasteiger partial charge is 0.357 e. The Morgan fingerprint density at radius 3 is 2.50 bits per heavy atom. The van der Waals surface area contributed by atoms with Gasteiger partial charge in [0.05, 0.1) is 6.67 Å². The van der Waals surface area contributed by atoms with Crippen molar-refractivity contribution in [3.63, 3.8) is 0 Å². The molecule has 0 heterocycles. The fourth-order valence-electron chi connectivity index (χ4n) is 1.09. The van der Waals surface area contributed by atoms with Crippen LogP contribution in [-0.4, -0.2) is 33.3 Å². The molecule has 0 spiro atoms. The molecule has 2 unspecified atom stereocenters. The maximum atomic E-state index is 11.8. The topological polar surface area (TPSA) is 60.4 Å². The third kappa shape index (κ3) is 5.44. The van der Waals surface area contributed by atoms with E-state index in [9.17, 15) is 13.7 Å². The van der Waals surface area contributed by atoms with Crippen molar-refractivity contribution in [2.24, 2.45) is 5.92 Å². The van der Waals surface area contributed by atoms with Crippen molar-refractivity contribution < 1.29 is 18.8 Å². The lowest BCUT2D eigenvalue weighted by Crippen LogP contribution is -2.33. The van der Waals surface area contributed by atoms with Gasteiger partial charge in [0.25, 0.3) is 0 Å². The van der Waals surface area contributed by atoms with E-state index in [1.807, 2.05) is 13.8 Å². The molecule has 0 radical (unpaired) electrons. The fraction of sp³-hybridized carbons (Fsp3) is 0.889. The summed E-state index contributed by atoms with van der Waals surface area (Å²) in [5.74, 6) is -0.721. The molecular weight excluding hydrogens is 207 g/mol. The van der Waals surface area contributed by atoms with Gasteiger partial charge < -0.3 is 9.66 Å². The van der Waals surface area contributed by atoms with E-state index >= 15 is 0 Å². The van der Waals surface area contributed by atoms with Crippen LogP contribution in [0.1, 0.15) is 26.7 Å². The van der Waals surface area contributed by atoms with E-state index < -0.39 is 29.1 Å². The van der Waals surface area contributed by atoms with Gasteiger partial charge in [-0.3, -0.25) is 4.39 Å². The molecular formula is C9H17FO3S. The quantitative estimate of drug-likeness (QED) is 0.668. The summed E-state index contributed by atoms with van der Waals surface area (Å²) >= 11 is -1.45. The average Bonchev–Trinajstić information content (AvgIpc) is 2.09. The van der Waals surface area contributed by atoms with Gasteiger partial charge in [-0.15, -0.1) is 0 Å². The Hall–Kier alpha value is -0.290. The molecule has 0 aliphatic heterocycles. The monoisotopic (exact) mass is 224 g/mol. The highest BCUT2D eigenvalue weighted by Crippen LogP contribution is 2.15. The van der Waals surface area contributed by atoms with Crippen molar-refractivity contribution in [2.75, 3.05) is 12.4 Å². The Bertz CT molecular complexity index is 175.